The molecular formula is C9H15BrN2O. The van der Waals surface area contributed by atoms with E-state index >= 15 is 0 Å². The van der Waals surface area contributed by atoms with Gasteiger partial charge in [-0.15, -0.1) is 0 Å². The quantitative estimate of drug-likeness (QED) is 0.817. The molecule has 0 saturated heterocycles. The summed E-state index contributed by atoms with van der Waals surface area (Å²) in [6.45, 7) is 7.55. The minimum absolute atomic E-state index is 0.410. The van der Waals surface area contributed by atoms with Crippen LogP contribution in [0.1, 0.15) is 32.6 Å². The molecule has 1 rings (SSSR count). The van der Waals surface area contributed by atoms with Gasteiger partial charge in [0, 0.05) is 12.6 Å². The van der Waals surface area contributed by atoms with Crippen LogP contribution in [0.3, 0.4) is 0 Å². The van der Waals surface area contributed by atoms with Crippen molar-refractivity contribution in [2.45, 2.75) is 33.4 Å². The van der Waals surface area contributed by atoms with Gasteiger partial charge >= 0.3 is 0 Å². The van der Waals surface area contributed by atoms with E-state index < -0.39 is 0 Å². The number of rotatable bonds is 4. The Kier molecular flexibility index (Phi) is 3.93. The molecule has 3 nitrogen and oxygen atoms in total. The Hall–Kier alpha value is -0.350. The van der Waals surface area contributed by atoms with Crippen LogP contribution in [0.4, 0.5) is 0 Å². The number of aromatic nitrogens is 2. The van der Waals surface area contributed by atoms with Crippen molar-refractivity contribution in [3.05, 3.63) is 16.6 Å². The highest BCUT2D eigenvalue weighted by Crippen LogP contribution is 2.19. The van der Waals surface area contributed by atoms with Crippen LogP contribution < -0.4 is 0 Å². The highest BCUT2D eigenvalue weighted by Gasteiger charge is 2.10. The van der Waals surface area contributed by atoms with Crippen LogP contribution in [0.5, 0.6) is 0 Å². The van der Waals surface area contributed by atoms with Gasteiger partial charge in [-0.2, -0.15) is 0 Å². The number of halogens is 1. The molecule has 0 aliphatic rings. The van der Waals surface area contributed by atoms with Crippen LogP contribution in [0.25, 0.3) is 0 Å². The molecule has 0 N–H and O–H groups in total. The lowest BCUT2D eigenvalue weighted by Crippen LogP contribution is -2.08. The topological polar surface area (TPSA) is 27.1 Å². The standard InChI is InChI=1S/C9H15BrN2O/c1-4-13-6-9-11-5-8(10)12(9)7(2)3/h5,7H,4,6H2,1-3H3. The maximum Gasteiger partial charge on any atom is 0.135 e. The minimum atomic E-state index is 0.410. The Bertz CT molecular complexity index is 271. The second-order valence-electron chi connectivity index (χ2n) is 3.10. The third-order valence-corrected chi connectivity index (χ3v) is 2.37. The summed E-state index contributed by atoms with van der Waals surface area (Å²) < 4.78 is 8.45. The van der Waals surface area contributed by atoms with Crippen LogP contribution in [0.2, 0.25) is 0 Å². The molecule has 0 radical (unpaired) electrons. The maximum absolute atomic E-state index is 5.32. The van der Waals surface area contributed by atoms with E-state index in [1.165, 1.54) is 0 Å². The highest BCUT2D eigenvalue weighted by molar-refractivity contribution is 9.10. The van der Waals surface area contributed by atoms with Crippen molar-refractivity contribution in [1.29, 1.82) is 0 Å². The van der Waals surface area contributed by atoms with Crippen molar-refractivity contribution in [1.82, 2.24) is 9.55 Å². The summed E-state index contributed by atoms with van der Waals surface area (Å²) in [5, 5.41) is 0. The molecule has 0 aliphatic carbocycles. The number of nitrogens with zero attached hydrogens (tertiary/aromatic N) is 2. The average molecular weight is 247 g/mol. The molecule has 0 bridgehead atoms. The highest BCUT2D eigenvalue weighted by atomic mass is 79.9. The van der Waals surface area contributed by atoms with Crippen LogP contribution in [0, 0.1) is 0 Å². The molecular weight excluding hydrogens is 232 g/mol. The number of hydrogen-bond donors (Lipinski definition) is 0. The van der Waals surface area contributed by atoms with Gasteiger partial charge in [0.25, 0.3) is 0 Å². The van der Waals surface area contributed by atoms with Crippen molar-refractivity contribution in [3.63, 3.8) is 0 Å². The molecule has 0 spiro atoms. The predicted molar refractivity (Wildman–Crippen MR) is 55.6 cm³/mol. The van der Waals surface area contributed by atoms with Crippen LogP contribution in [-0.2, 0) is 11.3 Å². The first-order valence-corrected chi connectivity index (χ1v) is 5.25. The summed E-state index contributed by atoms with van der Waals surface area (Å²) >= 11 is 3.45. The number of imidazole rings is 1. The fraction of sp³-hybridized carbons (Fsp3) is 0.667. The predicted octanol–water partition coefficient (Wildman–Crippen LogP) is 2.76. The van der Waals surface area contributed by atoms with Gasteiger partial charge in [-0.3, -0.25) is 0 Å². The zero-order chi connectivity index (χ0) is 9.84. The normalized spacial score (nSPS) is 11.2. The molecule has 4 heteroatoms. The number of ether oxygens (including phenoxy) is 1. The van der Waals surface area contributed by atoms with Crippen LogP contribution in [-0.4, -0.2) is 16.2 Å². The van der Waals surface area contributed by atoms with E-state index in [2.05, 4.69) is 39.3 Å². The van der Waals surface area contributed by atoms with Gasteiger partial charge in [-0.05, 0) is 36.7 Å². The van der Waals surface area contributed by atoms with Crippen LogP contribution in [0.15, 0.2) is 10.8 Å². The van der Waals surface area contributed by atoms with Crippen LogP contribution >= 0.6 is 15.9 Å². The van der Waals surface area contributed by atoms with E-state index in [4.69, 9.17) is 4.74 Å². The lowest BCUT2D eigenvalue weighted by molar-refractivity contribution is 0.124. The SMILES string of the molecule is CCOCc1ncc(Br)n1C(C)C. The first-order valence-electron chi connectivity index (χ1n) is 4.46. The average Bonchev–Trinajstić information content (AvgIpc) is 2.43. The monoisotopic (exact) mass is 246 g/mol. The molecule has 1 aromatic rings. The van der Waals surface area contributed by atoms with Gasteiger partial charge in [0.05, 0.1) is 6.20 Å². The van der Waals surface area contributed by atoms with Crippen molar-refractivity contribution in [2.75, 3.05) is 6.61 Å². The fourth-order valence-corrected chi connectivity index (χ4v) is 1.94. The molecule has 1 aromatic heterocycles. The van der Waals surface area contributed by atoms with Crippen molar-refractivity contribution in [2.24, 2.45) is 0 Å². The Morgan fingerprint density at radius 3 is 2.85 bits per heavy atom. The summed E-state index contributed by atoms with van der Waals surface area (Å²) in [5.74, 6) is 0.976. The molecule has 13 heavy (non-hydrogen) atoms. The Morgan fingerprint density at radius 2 is 2.31 bits per heavy atom. The van der Waals surface area contributed by atoms with Crippen molar-refractivity contribution in [3.8, 4) is 0 Å². The minimum Gasteiger partial charge on any atom is -0.374 e. The molecule has 0 amide bonds. The van der Waals surface area contributed by atoms with Gasteiger partial charge in [-0.25, -0.2) is 4.98 Å². The molecule has 1 heterocycles. The smallest absolute Gasteiger partial charge is 0.135 e. The lowest BCUT2D eigenvalue weighted by Gasteiger charge is -2.12. The van der Waals surface area contributed by atoms with E-state index in [1.807, 2.05) is 13.1 Å². The Labute approximate surface area is 87.2 Å². The first-order chi connectivity index (χ1) is 6.16. The van der Waals surface area contributed by atoms with Crippen molar-refractivity contribution >= 4 is 15.9 Å². The third kappa shape index (κ3) is 2.54. The van der Waals surface area contributed by atoms with E-state index in [0.717, 1.165) is 17.0 Å². The van der Waals surface area contributed by atoms with Crippen molar-refractivity contribution < 1.29 is 4.74 Å². The largest absolute Gasteiger partial charge is 0.374 e. The second-order valence-corrected chi connectivity index (χ2v) is 3.91. The molecule has 0 saturated carbocycles. The van der Waals surface area contributed by atoms with E-state index in [1.54, 1.807) is 0 Å². The molecule has 0 unspecified atom stereocenters. The Balaban J connectivity index is 2.81. The molecule has 74 valence electrons. The van der Waals surface area contributed by atoms with E-state index in [9.17, 15) is 0 Å². The molecule has 0 aromatic carbocycles. The third-order valence-electron chi connectivity index (χ3n) is 1.78. The molecule has 0 fully saturated rings. The van der Waals surface area contributed by atoms with Gasteiger partial charge in [0.15, 0.2) is 0 Å². The summed E-state index contributed by atoms with van der Waals surface area (Å²) in [6, 6.07) is 0.410. The number of hydrogen-bond acceptors (Lipinski definition) is 2. The summed E-state index contributed by atoms with van der Waals surface area (Å²) in [5.41, 5.74) is 0. The zero-order valence-electron chi connectivity index (χ0n) is 8.25. The maximum atomic E-state index is 5.32. The van der Waals surface area contributed by atoms with E-state index in [-0.39, 0.29) is 0 Å². The van der Waals surface area contributed by atoms with E-state index in [0.29, 0.717) is 12.6 Å². The second kappa shape index (κ2) is 4.77. The first kappa shape index (κ1) is 10.7. The summed E-state index contributed by atoms with van der Waals surface area (Å²) in [7, 11) is 0. The lowest BCUT2D eigenvalue weighted by atomic mass is 10.4. The van der Waals surface area contributed by atoms with Gasteiger partial charge in [-0.1, -0.05) is 0 Å². The zero-order valence-corrected chi connectivity index (χ0v) is 9.84. The molecule has 0 aliphatic heterocycles. The fourth-order valence-electron chi connectivity index (χ4n) is 1.22. The Morgan fingerprint density at radius 1 is 1.62 bits per heavy atom. The van der Waals surface area contributed by atoms with Gasteiger partial charge in [0.1, 0.15) is 17.0 Å². The summed E-state index contributed by atoms with van der Waals surface area (Å²) in [6.07, 6.45) is 1.81. The van der Waals surface area contributed by atoms with Gasteiger partial charge in [0.2, 0.25) is 0 Å². The van der Waals surface area contributed by atoms with Gasteiger partial charge < -0.3 is 9.30 Å². The summed E-state index contributed by atoms with van der Waals surface area (Å²) in [4.78, 5) is 4.27. The molecule has 0 atom stereocenters.